The molecule has 1 amide bonds. The highest BCUT2D eigenvalue weighted by molar-refractivity contribution is 7.99. The fraction of sp³-hybridized carbons (Fsp3) is 0.200. The van der Waals surface area contributed by atoms with E-state index in [1.807, 2.05) is 6.92 Å². The number of rotatable bonds is 6. The summed E-state index contributed by atoms with van der Waals surface area (Å²) in [6.07, 6.45) is 0. The van der Waals surface area contributed by atoms with Gasteiger partial charge >= 0.3 is 0 Å². The number of aromatic amines is 1. The molecular formula is C15H14ClN5O2S. The molecule has 3 aromatic rings. The number of carbonyl (C=O) groups is 1. The third kappa shape index (κ3) is 4.15. The molecule has 0 unspecified atom stereocenters. The van der Waals surface area contributed by atoms with Crippen molar-refractivity contribution < 1.29 is 9.32 Å². The summed E-state index contributed by atoms with van der Waals surface area (Å²) in [6, 6.07) is 8.72. The van der Waals surface area contributed by atoms with Gasteiger partial charge in [0.15, 0.2) is 11.5 Å². The molecule has 0 atom stereocenters. The molecule has 0 aliphatic heterocycles. The van der Waals surface area contributed by atoms with E-state index >= 15 is 0 Å². The number of aromatic nitrogens is 4. The number of benzene rings is 1. The molecule has 3 rings (SSSR count). The van der Waals surface area contributed by atoms with E-state index in [0.29, 0.717) is 28.2 Å². The summed E-state index contributed by atoms with van der Waals surface area (Å²) in [5, 5.41) is 14.7. The molecule has 0 aliphatic carbocycles. The van der Waals surface area contributed by atoms with Crippen molar-refractivity contribution in [3.05, 3.63) is 46.9 Å². The molecule has 7 nitrogen and oxygen atoms in total. The lowest BCUT2D eigenvalue weighted by Gasteiger charge is -2.00. The van der Waals surface area contributed by atoms with E-state index in [1.165, 1.54) is 11.8 Å². The van der Waals surface area contributed by atoms with Gasteiger partial charge in [-0.05, 0) is 31.2 Å². The standard InChI is InChI=1S/C15H14ClN5O2S/c1-9-18-15(20-19-9)24-7-6-17-14(22)12-8-13(23-21-12)10-2-4-11(16)5-3-10/h2-5,8H,6-7H2,1H3,(H,17,22)(H,18,19,20). The Balaban J connectivity index is 1.51. The smallest absolute Gasteiger partial charge is 0.273 e. The minimum Gasteiger partial charge on any atom is -0.355 e. The lowest BCUT2D eigenvalue weighted by atomic mass is 10.1. The number of aryl methyl sites for hydroxylation is 1. The molecule has 9 heteroatoms. The number of nitrogens with zero attached hydrogens (tertiary/aromatic N) is 3. The van der Waals surface area contributed by atoms with E-state index in [4.69, 9.17) is 16.1 Å². The van der Waals surface area contributed by atoms with Gasteiger partial charge in [-0.25, -0.2) is 4.98 Å². The number of hydrogen-bond acceptors (Lipinski definition) is 6. The molecule has 0 aliphatic rings. The van der Waals surface area contributed by atoms with Crippen molar-refractivity contribution in [1.82, 2.24) is 25.7 Å². The monoisotopic (exact) mass is 363 g/mol. The first-order valence-electron chi connectivity index (χ1n) is 7.14. The van der Waals surface area contributed by atoms with Crippen molar-refractivity contribution in [1.29, 1.82) is 0 Å². The van der Waals surface area contributed by atoms with Crippen molar-refractivity contribution in [2.45, 2.75) is 12.1 Å². The second-order valence-corrected chi connectivity index (χ2v) is 6.39. The maximum Gasteiger partial charge on any atom is 0.273 e. The first kappa shape index (κ1) is 16.5. The predicted octanol–water partition coefficient (Wildman–Crippen LogP) is 2.94. The van der Waals surface area contributed by atoms with Gasteiger partial charge in [-0.2, -0.15) is 0 Å². The average molecular weight is 364 g/mol. The fourth-order valence-corrected chi connectivity index (χ4v) is 2.74. The van der Waals surface area contributed by atoms with Gasteiger partial charge in [-0.15, -0.1) is 5.10 Å². The summed E-state index contributed by atoms with van der Waals surface area (Å²) in [7, 11) is 0. The third-order valence-electron chi connectivity index (χ3n) is 3.07. The Morgan fingerprint density at radius 1 is 1.38 bits per heavy atom. The quantitative estimate of drug-likeness (QED) is 0.516. The van der Waals surface area contributed by atoms with E-state index < -0.39 is 0 Å². The van der Waals surface area contributed by atoms with Crippen molar-refractivity contribution in [3.63, 3.8) is 0 Å². The number of H-pyrrole nitrogens is 1. The Morgan fingerprint density at radius 3 is 2.88 bits per heavy atom. The van der Waals surface area contributed by atoms with Crippen molar-refractivity contribution in [2.75, 3.05) is 12.3 Å². The normalized spacial score (nSPS) is 10.8. The second kappa shape index (κ2) is 7.50. The van der Waals surface area contributed by atoms with Crippen LogP contribution in [0.4, 0.5) is 0 Å². The summed E-state index contributed by atoms with van der Waals surface area (Å²) in [5.41, 5.74) is 1.04. The van der Waals surface area contributed by atoms with Crippen LogP contribution in [0.15, 0.2) is 40.0 Å². The molecule has 2 aromatic heterocycles. The molecule has 0 fully saturated rings. The maximum absolute atomic E-state index is 12.1. The number of amides is 1. The van der Waals surface area contributed by atoms with Crippen molar-refractivity contribution in [3.8, 4) is 11.3 Å². The first-order chi connectivity index (χ1) is 11.6. The van der Waals surface area contributed by atoms with Crippen LogP contribution in [0.25, 0.3) is 11.3 Å². The zero-order chi connectivity index (χ0) is 16.9. The Kier molecular flexibility index (Phi) is 5.17. The molecular weight excluding hydrogens is 350 g/mol. The Hall–Kier alpha value is -2.32. The lowest BCUT2D eigenvalue weighted by Crippen LogP contribution is -2.25. The number of halogens is 1. The maximum atomic E-state index is 12.1. The van der Waals surface area contributed by atoms with Crippen molar-refractivity contribution in [2.24, 2.45) is 0 Å². The number of nitrogens with one attached hydrogen (secondary N) is 2. The van der Waals surface area contributed by atoms with Gasteiger partial charge in [0.25, 0.3) is 5.91 Å². The first-order valence-corrected chi connectivity index (χ1v) is 8.51. The molecule has 0 saturated heterocycles. The number of carbonyl (C=O) groups excluding carboxylic acids is 1. The van der Waals surface area contributed by atoms with E-state index in [9.17, 15) is 4.79 Å². The van der Waals surface area contributed by atoms with Crippen LogP contribution in [0, 0.1) is 6.92 Å². The molecule has 0 bridgehead atoms. The summed E-state index contributed by atoms with van der Waals surface area (Å²) in [6.45, 7) is 2.31. The highest BCUT2D eigenvalue weighted by Crippen LogP contribution is 2.22. The zero-order valence-electron chi connectivity index (χ0n) is 12.7. The van der Waals surface area contributed by atoms with Crippen LogP contribution in [-0.2, 0) is 0 Å². The number of hydrogen-bond donors (Lipinski definition) is 2. The van der Waals surface area contributed by atoms with Gasteiger partial charge < -0.3 is 9.84 Å². The molecule has 1 aromatic carbocycles. The van der Waals surface area contributed by atoms with E-state index in [-0.39, 0.29) is 11.6 Å². The largest absolute Gasteiger partial charge is 0.355 e. The van der Waals surface area contributed by atoms with E-state index in [2.05, 4.69) is 25.7 Å². The van der Waals surface area contributed by atoms with Crippen LogP contribution in [0.3, 0.4) is 0 Å². The minimum atomic E-state index is -0.286. The van der Waals surface area contributed by atoms with Gasteiger partial charge in [-0.3, -0.25) is 9.89 Å². The Labute approximate surface area is 147 Å². The summed E-state index contributed by atoms with van der Waals surface area (Å²) >= 11 is 7.31. The highest BCUT2D eigenvalue weighted by atomic mass is 35.5. The van der Waals surface area contributed by atoms with Crippen molar-refractivity contribution >= 4 is 29.3 Å². The molecule has 0 radical (unpaired) electrons. The lowest BCUT2D eigenvalue weighted by molar-refractivity contribution is 0.0947. The van der Waals surface area contributed by atoms with Gasteiger partial charge in [0, 0.05) is 29.0 Å². The molecule has 0 spiro atoms. The minimum absolute atomic E-state index is 0.235. The molecule has 24 heavy (non-hydrogen) atoms. The highest BCUT2D eigenvalue weighted by Gasteiger charge is 2.13. The second-order valence-electron chi connectivity index (χ2n) is 4.89. The summed E-state index contributed by atoms with van der Waals surface area (Å²) in [4.78, 5) is 16.2. The molecule has 0 saturated carbocycles. The van der Waals surface area contributed by atoms with Gasteiger partial charge in [0.2, 0.25) is 5.16 Å². The van der Waals surface area contributed by atoms with Crippen LogP contribution in [-0.4, -0.2) is 38.5 Å². The number of thioether (sulfide) groups is 1. The molecule has 2 N–H and O–H groups in total. The van der Waals surface area contributed by atoms with E-state index in [1.54, 1.807) is 30.3 Å². The van der Waals surface area contributed by atoms with Crippen LogP contribution in [0.5, 0.6) is 0 Å². The van der Waals surface area contributed by atoms with Gasteiger partial charge in [0.1, 0.15) is 5.82 Å². The molecule has 124 valence electrons. The van der Waals surface area contributed by atoms with Crippen LogP contribution >= 0.6 is 23.4 Å². The Morgan fingerprint density at radius 2 is 2.17 bits per heavy atom. The fourth-order valence-electron chi connectivity index (χ4n) is 1.92. The molecule has 2 heterocycles. The van der Waals surface area contributed by atoms with Crippen LogP contribution in [0.1, 0.15) is 16.3 Å². The van der Waals surface area contributed by atoms with E-state index in [0.717, 1.165) is 11.4 Å². The van der Waals surface area contributed by atoms with Crippen LogP contribution < -0.4 is 5.32 Å². The summed E-state index contributed by atoms with van der Waals surface area (Å²) < 4.78 is 5.21. The topological polar surface area (TPSA) is 96.7 Å². The SMILES string of the molecule is Cc1nc(SCCNC(=O)c2cc(-c3ccc(Cl)cc3)on2)n[nH]1. The summed E-state index contributed by atoms with van der Waals surface area (Å²) in [5.74, 6) is 1.65. The predicted molar refractivity (Wildman–Crippen MR) is 91.1 cm³/mol. The third-order valence-corrected chi connectivity index (χ3v) is 4.17. The zero-order valence-corrected chi connectivity index (χ0v) is 14.3. The average Bonchev–Trinajstić information content (AvgIpc) is 3.21. The van der Waals surface area contributed by atoms with Crippen LogP contribution in [0.2, 0.25) is 5.02 Å². The Bertz CT molecular complexity index is 831. The van der Waals surface area contributed by atoms with Gasteiger partial charge in [-0.1, -0.05) is 28.5 Å². The van der Waals surface area contributed by atoms with Gasteiger partial charge in [0.05, 0.1) is 0 Å².